The normalized spacial score (nSPS) is 12.9. The van der Waals surface area contributed by atoms with Gasteiger partial charge in [0, 0.05) is 32.6 Å². The third-order valence-corrected chi connectivity index (χ3v) is 14.6. The molecule has 0 atom stereocenters. The van der Waals surface area contributed by atoms with E-state index in [0.717, 1.165) is 5.69 Å². The first-order chi connectivity index (χ1) is 33.3. The maximum Gasteiger partial charge on any atom is 0.0720 e. The minimum Gasteiger partial charge on any atom is -0.309 e. The summed E-state index contributed by atoms with van der Waals surface area (Å²) in [5.41, 5.74) is 19.0. The van der Waals surface area contributed by atoms with E-state index in [1.54, 1.807) is 0 Å². The lowest BCUT2D eigenvalue weighted by atomic mass is 9.67. The quantitative estimate of drug-likeness (QED) is 0.158. The molecule has 0 aliphatic heterocycles. The molecule has 1 aliphatic rings. The molecule has 0 spiro atoms. The van der Waals surface area contributed by atoms with Crippen molar-refractivity contribution in [2.24, 2.45) is 0 Å². The van der Waals surface area contributed by atoms with Crippen LogP contribution in [0.25, 0.3) is 99.1 Å². The Morgan fingerprint density at radius 2 is 0.851 bits per heavy atom. The highest BCUT2D eigenvalue weighted by Gasteiger charge is 2.47. The summed E-state index contributed by atoms with van der Waals surface area (Å²) < 4.78 is 4.96. The zero-order chi connectivity index (χ0) is 44.1. The summed E-state index contributed by atoms with van der Waals surface area (Å²) in [6.07, 6.45) is 0. The predicted octanol–water partition coefficient (Wildman–Crippen LogP) is 16.7. The molecule has 0 radical (unpaired) electrons. The molecule has 0 bridgehead atoms. The Balaban J connectivity index is 1.08. The summed E-state index contributed by atoms with van der Waals surface area (Å²) in [6.45, 7) is 0. The Kier molecular flexibility index (Phi) is 8.23. The SMILES string of the molecule is c1ccc(-c2cccc(-n3c4ccc(-c5ccc6c(c5)c5ccccc5n6-c5cccc6ccccc56)cc4c4c5c(ccc43)-c3ccccc3C5(c3ccccc3)c3ccccc3)c2)cc1. The molecule has 0 unspecified atom stereocenters. The Bertz CT molecular complexity index is 4040. The zero-order valence-corrected chi connectivity index (χ0v) is 36.6. The molecule has 2 heterocycles. The monoisotopic (exact) mass is 850 g/mol. The van der Waals surface area contributed by atoms with Crippen LogP contribution in [0, 0.1) is 0 Å². The van der Waals surface area contributed by atoms with Crippen molar-refractivity contribution in [3.8, 4) is 44.8 Å². The first kappa shape index (κ1) is 37.6. The number of benzene rings is 11. The van der Waals surface area contributed by atoms with Crippen molar-refractivity contribution in [2.45, 2.75) is 5.41 Å². The van der Waals surface area contributed by atoms with Crippen LogP contribution in [0.15, 0.2) is 255 Å². The minimum atomic E-state index is -0.572. The van der Waals surface area contributed by atoms with Gasteiger partial charge in [-0.25, -0.2) is 0 Å². The van der Waals surface area contributed by atoms with Crippen LogP contribution in [0.5, 0.6) is 0 Å². The smallest absolute Gasteiger partial charge is 0.0720 e. The average Bonchev–Trinajstić information content (AvgIpc) is 4.03. The third-order valence-electron chi connectivity index (χ3n) is 14.6. The highest BCUT2D eigenvalue weighted by molar-refractivity contribution is 6.17. The van der Waals surface area contributed by atoms with Crippen molar-refractivity contribution in [3.05, 3.63) is 277 Å². The van der Waals surface area contributed by atoms with Gasteiger partial charge in [-0.2, -0.15) is 0 Å². The van der Waals surface area contributed by atoms with E-state index in [2.05, 4.69) is 264 Å². The molecule has 0 N–H and O–H groups in total. The molecule has 1 aliphatic carbocycles. The van der Waals surface area contributed by atoms with E-state index in [-0.39, 0.29) is 0 Å². The maximum absolute atomic E-state index is 2.51. The topological polar surface area (TPSA) is 9.86 Å². The molecule has 0 amide bonds. The summed E-state index contributed by atoms with van der Waals surface area (Å²) >= 11 is 0. The standard InChI is InChI=1S/C65H42N2/c1-4-18-43(19-5-1)45-22-16-27-50(40-45)66-61-38-35-47(46-34-37-60-55(41-46)53-30-13-15-32-59(53)67(60)58-33-17-21-44-20-10-11-28-51(44)58)42-56(61)63-62(66)39-36-54-52-29-12-14-31-57(52)65(64(54)63,48-23-6-2-7-24-48)49-25-8-3-9-26-49/h1-42H. The van der Waals surface area contributed by atoms with Gasteiger partial charge in [-0.1, -0.05) is 200 Å². The number of fused-ring (bicyclic) bond motifs is 11. The summed E-state index contributed by atoms with van der Waals surface area (Å²) in [7, 11) is 0. The Hall–Kier alpha value is -8.72. The molecule has 2 aromatic heterocycles. The molecule has 2 heteroatoms. The lowest BCUT2D eigenvalue weighted by Crippen LogP contribution is -2.28. The van der Waals surface area contributed by atoms with Gasteiger partial charge in [-0.05, 0) is 116 Å². The van der Waals surface area contributed by atoms with Gasteiger partial charge in [0.2, 0.25) is 0 Å². The number of nitrogens with zero attached hydrogens (tertiary/aromatic N) is 2. The molecule has 14 rings (SSSR count). The van der Waals surface area contributed by atoms with Gasteiger partial charge in [0.15, 0.2) is 0 Å². The van der Waals surface area contributed by atoms with Gasteiger partial charge in [0.1, 0.15) is 0 Å². The number of rotatable bonds is 6. The fourth-order valence-corrected chi connectivity index (χ4v) is 11.8. The van der Waals surface area contributed by atoms with Crippen molar-refractivity contribution in [3.63, 3.8) is 0 Å². The van der Waals surface area contributed by atoms with Crippen molar-refractivity contribution in [2.75, 3.05) is 0 Å². The number of aromatic nitrogens is 2. The van der Waals surface area contributed by atoms with Crippen LogP contribution >= 0.6 is 0 Å². The van der Waals surface area contributed by atoms with Crippen LogP contribution in [-0.2, 0) is 5.41 Å². The largest absolute Gasteiger partial charge is 0.309 e. The summed E-state index contributed by atoms with van der Waals surface area (Å²) in [5.74, 6) is 0. The predicted molar refractivity (Wildman–Crippen MR) is 281 cm³/mol. The number of hydrogen-bond donors (Lipinski definition) is 0. The minimum absolute atomic E-state index is 0.572. The van der Waals surface area contributed by atoms with Crippen molar-refractivity contribution in [1.82, 2.24) is 9.13 Å². The Morgan fingerprint density at radius 3 is 1.63 bits per heavy atom. The Morgan fingerprint density at radius 1 is 0.299 bits per heavy atom. The van der Waals surface area contributed by atoms with Gasteiger partial charge >= 0.3 is 0 Å². The molecule has 67 heavy (non-hydrogen) atoms. The second-order valence-corrected chi connectivity index (χ2v) is 18.0. The Labute approximate surface area is 388 Å². The van der Waals surface area contributed by atoms with E-state index < -0.39 is 5.41 Å². The van der Waals surface area contributed by atoms with E-state index >= 15 is 0 Å². The highest BCUT2D eigenvalue weighted by atomic mass is 15.0. The van der Waals surface area contributed by atoms with Crippen molar-refractivity contribution < 1.29 is 0 Å². The second kappa shape index (κ2) is 14.7. The van der Waals surface area contributed by atoms with Crippen molar-refractivity contribution in [1.29, 1.82) is 0 Å². The fourth-order valence-electron chi connectivity index (χ4n) is 11.8. The molecule has 0 saturated heterocycles. The van der Waals surface area contributed by atoms with E-state index in [0.29, 0.717) is 0 Å². The van der Waals surface area contributed by atoms with Gasteiger partial charge in [-0.3, -0.25) is 0 Å². The van der Waals surface area contributed by atoms with Gasteiger partial charge < -0.3 is 9.13 Å². The zero-order valence-electron chi connectivity index (χ0n) is 36.6. The molecule has 13 aromatic rings. The first-order valence-electron chi connectivity index (χ1n) is 23.3. The van der Waals surface area contributed by atoms with E-state index in [1.165, 1.54) is 116 Å². The fraction of sp³-hybridized carbons (Fsp3) is 0.0154. The molecule has 2 nitrogen and oxygen atoms in total. The summed E-state index contributed by atoms with van der Waals surface area (Å²) in [5, 5.41) is 7.47. The summed E-state index contributed by atoms with van der Waals surface area (Å²) in [4.78, 5) is 0. The van der Waals surface area contributed by atoms with Gasteiger partial charge in [-0.15, -0.1) is 0 Å². The molecular formula is C65H42N2. The first-order valence-corrected chi connectivity index (χ1v) is 23.3. The molecule has 0 fully saturated rings. The van der Waals surface area contributed by atoms with Gasteiger partial charge in [0.25, 0.3) is 0 Å². The lowest BCUT2D eigenvalue weighted by molar-refractivity contribution is 0.776. The summed E-state index contributed by atoms with van der Waals surface area (Å²) in [6, 6.07) is 94.5. The lowest BCUT2D eigenvalue weighted by Gasteiger charge is -2.34. The molecule has 0 saturated carbocycles. The maximum atomic E-state index is 2.51. The van der Waals surface area contributed by atoms with Crippen LogP contribution in [-0.4, -0.2) is 9.13 Å². The molecule has 11 aromatic carbocycles. The second-order valence-electron chi connectivity index (χ2n) is 18.0. The highest BCUT2D eigenvalue weighted by Crippen LogP contribution is 2.59. The number of hydrogen-bond acceptors (Lipinski definition) is 0. The van der Waals surface area contributed by atoms with E-state index in [4.69, 9.17) is 0 Å². The third kappa shape index (κ3) is 5.45. The van der Waals surface area contributed by atoms with Crippen LogP contribution in [0.1, 0.15) is 22.3 Å². The van der Waals surface area contributed by atoms with Crippen LogP contribution in [0.2, 0.25) is 0 Å². The van der Waals surface area contributed by atoms with E-state index in [9.17, 15) is 0 Å². The van der Waals surface area contributed by atoms with Crippen LogP contribution < -0.4 is 0 Å². The molecule has 312 valence electrons. The number of para-hydroxylation sites is 1. The van der Waals surface area contributed by atoms with Crippen LogP contribution in [0.4, 0.5) is 0 Å². The van der Waals surface area contributed by atoms with Crippen molar-refractivity contribution >= 4 is 54.4 Å². The van der Waals surface area contributed by atoms with Crippen LogP contribution in [0.3, 0.4) is 0 Å². The average molecular weight is 851 g/mol. The van der Waals surface area contributed by atoms with Gasteiger partial charge in [0.05, 0.1) is 33.2 Å². The van der Waals surface area contributed by atoms with E-state index in [1.807, 2.05) is 0 Å². The molecular weight excluding hydrogens is 809 g/mol.